The number of halogens is 2. The third kappa shape index (κ3) is 7.63. The molecular formula is C32H45Br2N7O4S. The van der Waals surface area contributed by atoms with Gasteiger partial charge in [-0.3, -0.25) is 18.6 Å². The number of fused-ring (bicyclic) bond motifs is 1. The Kier molecular flexibility index (Phi) is 10.7. The zero-order valence-corrected chi connectivity index (χ0v) is 30.0. The molecule has 0 aliphatic carbocycles. The van der Waals surface area contributed by atoms with Crippen molar-refractivity contribution in [3.8, 4) is 0 Å². The molecule has 3 fully saturated rings. The van der Waals surface area contributed by atoms with E-state index in [2.05, 4.69) is 46.8 Å². The van der Waals surface area contributed by atoms with Crippen LogP contribution in [0, 0.1) is 0 Å². The van der Waals surface area contributed by atoms with Crippen molar-refractivity contribution in [3.63, 3.8) is 0 Å². The predicted octanol–water partition coefficient (Wildman–Crippen LogP) is 5.86. The number of nitrogens with one attached hydrogen (secondary N) is 2. The number of anilines is 2. The fourth-order valence-electron chi connectivity index (χ4n) is 7.30. The van der Waals surface area contributed by atoms with Crippen molar-refractivity contribution in [3.05, 3.63) is 56.5 Å². The van der Waals surface area contributed by atoms with Crippen molar-refractivity contribution in [1.82, 2.24) is 24.3 Å². The molecule has 0 radical (unpaired) electrons. The van der Waals surface area contributed by atoms with Gasteiger partial charge in [0.05, 0.1) is 11.4 Å². The summed E-state index contributed by atoms with van der Waals surface area (Å²) >= 11 is 7.04. The van der Waals surface area contributed by atoms with E-state index >= 15 is 0 Å². The van der Waals surface area contributed by atoms with Crippen LogP contribution in [0.5, 0.6) is 0 Å². The number of piperidine rings is 3. The highest BCUT2D eigenvalue weighted by molar-refractivity contribution is 9.11. The molecule has 2 aromatic rings. The lowest BCUT2D eigenvalue weighted by molar-refractivity contribution is -0.134. The van der Waals surface area contributed by atoms with Crippen LogP contribution >= 0.6 is 42.8 Å². The van der Waals surface area contributed by atoms with E-state index in [9.17, 15) is 18.7 Å². The third-order valence-corrected chi connectivity index (χ3v) is 12.8. The van der Waals surface area contributed by atoms with E-state index in [1.54, 1.807) is 9.21 Å². The number of carbonyl (C=O) groups excluding carboxylic acids is 2. The number of likely N-dealkylation sites (tertiary alicyclic amines) is 3. The van der Waals surface area contributed by atoms with Crippen molar-refractivity contribution >= 4 is 66.1 Å². The Balaban J connectivity index is 1.10. The molecule has 3 saturated heterocycles. The number of hydrogen-bond donors (Lipinski definition) is 5. The van der Waals surface area contributed by atoms with Crippen LogP contribution in [-0.2, 0) is 17.8 Å². The molecule has 4 aliphatic heterocycles. The summed E-state index contributed by atoms with van der Waals surface area (Å²) in [6.07, 6.45) is 7.23. The van der Waals surface area contributed by atoms with E-state index in [1.807, 2.05) is 41.3 Å². The number of hydrogen-bond acceptors (Lipinski definition) is 8. The van der Waals surface area contributed by atoms with Crippen LogP contribution in [0.25, 0.3) is 0 Å². The van der Waals surface area contributed by atoms with E-state index in [0.29, 0.717) is 63.7 Å². The summed E-state index contributed by atoms with van der Waals surface area (Å²) in [5.41, 5.74) is 9.35. The Morgan fingerprint density at radius 3 is 2.20 bits per heavy atom. The molecule has 0 bridgehead atoms. The zero-order valence-electron chi connectivity index (χ0n) is 26.0. The van der Waals surface area contributed by atoms with Gasteiger partial charge in [0.25, 0.3) is 0 Å². The van der Waals surface area contributed by atoms with Gasteiger partial charge in [-0.2, -0.15) is 4.31 Å². The van der Waals surface area contributed by atoms with Gasteiger partial charge in [0.15, 0.2) is 0 Å². The first-order chi connectivity index (χ1) is 22.1. The Bertz CT molecular complexity index is 1390. The first-order valence-corrected chi connectivity index (χ1v) is 19.4. The molecule has 0 unspecified atom stereocenters. The van der Waals surface area contributed by atoms with Gasteiger partial charge >= 0.3 is 6.03 Å². The number of rotatable bonds is 6. The maximum absolute atomic E-state index is 14.0. The normalized spacial score (nSPS) is 22.9. The van der Waals surface area contributed by atoms with Gasteiger partial charge in [-0.05, 0) is 113 Å². The number of urea groups is 1. The molecule has 0 spiro atoms. The standard InChI is InChI=1S/C32H45Br2N7O4S/c33-26-18-22(19-27(34)30(26)35)20-29(31(42)39-14-8-24(9-15-39)38-12-4-1-5-13-38)36-32(43)40-16-10-25(11-17-40)41-21-23-6-2-3-7-28(23)37-46(41,44)45/h2-3,6-7,18-19,24-25,29,37,44-45H,1,4-5,8-17,20-21,35H2,(H,36,43)/t29-/m1/s1. The zero-order chi connectivity index (χ0) is 32.4. The van der Waals surface area contributed by atoms with Crippen molar-refractivity contribution in [1.29, 1.82) is 0 Å². The summed E-state index contributed by atoms with van der Waals surface area (Å²) in [6, 6.07) is 10.9. The minimum absolute atomic E-state index is 0.0589. The van der Waals surface area contributed by atoms with Gasteiger partial charge in [0.2, 0.25) is 5.91 Å². The smallest absolute Gasteiger partial charge is 0.318 e. The Hall–Kier alpha value is -2.07. The van der Waals surface area contributed by atoms with Crippen molar-refractivity contribution in [2.45, 2.75) is 76.0 Å². The van der Waals surface area contributed by atoms with Crippen LogP contribution in [0.3, 0.4) is 0 Å². The van der Waals surface area contributed by atoms with E-state index in [-0.39, 0.29) is 18.0 Å². The molecular weight excluding hydrogens is 738 g/mol. The van der Waals surface area contributed by atoms with Crippen LogP contribution in [0.4, 0.5) is 16.2 Å². The third-order valence-electron chi connectivity index (χ3n) is 9.93. The van der Waals surface area contributed by atoms with Gasteiger partial charge in [0.1, 0.15) is 6.04 Å². The highest BCUT2D eigenvalue weighted by atomic mass is 79.9. The van der Waals surface area contributed by atoms with Gasteiger partial charge in [-0.1, -0.05) is 35.6 Å². The molecule has 3 amide bonds. The Morgan fingerprint density at radius 1 is 0.913 bits per heavy atom. The summed E-state index contributed by atoms with van der Waals surface area (Å²) < 4.78 is 27.9. The maximum Gasteiger partial charge on any atom is 0.318 e. The molecule has 14 heteroatoms. The number of amides is 3. The topological polar surface area (TPSA) is 138 Å². The van der Waals surface area contributed by atoms with Gasteiger partial charge in [-0.15, -0.1) is 0 Å². The van der Waals surface area contributed by atoms with Crippen LogP contribution < -0.4 is 15.8 Å². The van der Waals surface area contributed by atoms with Crippen molar-refractivity contribution in [2.24, 2.45) is 0 Å². The molecule has 0 saturated carbocycles. The maximum atomic E-state index is 14.0. The number of carbonyl (C=O) groups is 2. The minimum atomic E-state index is -3.18. The van der Waals surface area contributed by atoms with E-state index in [0.717, 1.165) is 51.7 Å². The van der Waals surface area contributed by atoms with E-state index in [1.165, 1.54) is 19.3 Å². The molecule has 4 aliphatic rings. The second kappa shape index (κ2) is 14.6. The van der Waals surface area contributed by atoms with Crippen molar-refractivity contribution < 1.29 is 18.7 Å². The van der Waals surface area contributed by atoms with Crippen LogP contribution in [-0.4, -0.2) is 97.4 Å². The van der Waals surface area contributed by atoms with Crippen LogP contribution in [0.15, 0.2) is 45.3 Å². The average molecular weight is 784 g/mol. The highest BCUT2D eigenvalue weighted by Crippen LogP contribution is 2.51. The first-order valence-electron chi connectivity index (χ1n) is 16.3. The van der Waals surface area contributed by atoms with Crippen LogP contribution in [0.2, 0.25) is 0 Å². The summed E-state index contributed by atoms with van der Waals surface area (Å²) in [4.78, 5) is 34.0. The first kappa shape index (κ1) is 33.8. The van der Waals surface area contributed by atoms with E-state index < -0.39 is 17.0 Å². The number of nitrogen functional groups attached to an aromatic ring is 1. The highest BCUT2D eigenvalue weighted by Gasteiger charge is 2.38. The summed E-state index contributed by atoms with van der Waals surface area (Å²) in [5, 5.41) is 3.09. The number of benzene rings is 2. The molecule has 2 aromatic carbocycles. The van der Waals surface area contributed by atoms with E-state index in [4.69, 9.17) is 5.73 Å². The number of para-hydroxylation sites is 1. The second-order valence-corrected chi connectivity index (χ2v) is 16.3. The molecule has 11 nitrogen and oxygen atoms in total. The molecule has 0 aromatic heterocycles. The molecule has 4 heterocycles. The Labute approximate surface area is 290 Å². The van der Waals surface area contributed by atoms with Gasteiger partial charge < -0.3 is 25.8 Å². The SMILES string of the molecule is Nc1c(Br)cc(C[C@@H](NC(=O)N2CCC(N3Cc4ccccc4NS3(O)O)CC2)C(=O)N2CCC(N3CCCCC3)CC2)cc1Br. The summed E-state index contributed by atoms with van der Waals surface area (Å²) in [5.74, 6) is -0.0589. The van der Waals surface area contributed by atoms with Gasteiger partial charge in [-0.25, -0.2) is 4.79 Å². The number of nitrogens with two attached hydrogens (primary N) is 1. The monoisotopic (exact) mass is 781 g/mol. The second-order valence-electron chi connectivity index (χ2n) is 12.9. The molecule has 6 rings (SSSR count). The van der Waals surface area contributed by atoms with Crippen LogP contribution in [0.1, 0.15) is 56.1 Å². The lowest BCUT2D eigenvalue weighted by atomic mass is 9.98. The lowest BCUT2D eigenvalue weighted by Gasteiger charge is -2.51. The summed E-state index contributed by atoms with van der Waals surface area (Å²) in [6.45, 7) is 5.00. The number of nitrogens with zero attached hydrogens (tertiary/aromatic N) is 4. The molecule has 252 valence electrons. The van der Waals surface area contributed by atoms with Crippen molar-refractivity contribution in [2.75, 3.05) is 49.7 Å². The quantitative estimate of drug-likeness (QED) is 0.230. The largest absolute Gasteiger partial charge is 0.397 e. The predicted molar refractivity (Wildman–Crippen MR) is 190 cm³/mol. The van der Waals surface area contributed by atoms with Gasteiger partial charge in [0, 0.05) is 60.2 Å². The average Bonchev–Trinajstić information content (AvgIpc) is 3.06. The molecule has 6 N–H and O–H groups in total. The molecule has 46 heavy (non-hydrogen) atoms. The molecule has 1 atom stereocenters. The fraction of sp³-hybridized carbons (Fsp3) is 0.562. The minimum Gasteiger partial charge on any atom is -0.397 e. The Morgan fingerprint density at radius 2 is 1.52 bits per heavy atom. The fourth-order valence-corrected chi connectivity index (χ4v) is 10.1. The lowest BCUT2D eigenvalue weighted by Crippen LogP contribution is -2.57. The summed E-state index contributed by atoms with van der Waals surface area (Å²) in [7, 11) is -3.18.